The minimum absolute atomic E-state index is 0.150. The first kappa shape index (κ1) is 40.3. The molecule has 2 heteroatoms. The van der Waals surface area contributed by atoms with Crippen molar-refractivity contribution in [3.63, 3.8) is 0 Å². The summed E-state index contributed by atoms with van der Waals surface area (Å²) < 4.78 is 2.85. The third kappa shape index (κ3) is 7.88. The van der Waals surface area contributed by atoms with Crippen LogP contribution in [0.15, 0.2) is 72.8 Å². The standard InChI is InChI=1S/C55H66S2/c1-32(2)13-12-14-35(7)15-17-38-29-48(49-30-39-19-21-46-45(53(39)56-49)22-20-40-31-50(55(9,10)11)57-54(40)46)44-26-24-41-37(18-16-36(8)27-33(3)4)28-47(34(5)6)43-25-23-42(38)52(44)51(41)43/h19-26,28-36H,12-18,27H2,1-11H3. The Hall–Kier alpha value is -3.46. The number of fused-ring (bicyclic) bond motifs is 5. The first-order chi connectivity index (χ1) is 27.2. The highest BCUT2D eigenvalue weighted by Gasteiger charge is 2.23. The largest absolute Gasteiger partial charge is 0.139 e. The predicted octanol–water partition coefficient (Wildman–Crippen LogP) is 18.3. The van der Waals surface area contributed by atoms with Crippen LogP contribution in [0.3, 0.4) is 0 Å². The third-order valence-corrected chi connectivity index (χ3v) is 15.9. The molecule has 57 heavy (non-hydrogen) atoms. The molecule has 6 aromatic carbocycles. The van der Waals surface area contributed by atoms with Gasteiger partial charge in [0.1, 0.15) is 0 Å². The van der Waals surface area contributed by atoms with Gasteiger partial charge in [0.05, 0.1) is 0 Å². The molecule has 0 aliphatic rings. The highest BCUT2D eigenvalue weighted by molar-refractivity contribution is 7.23. The summed E-state index contributed by atoms with van der Waals surface area (Å²) in [6, 6.07) is 29.7. The summed E-state index contributed by atoms with van der Waals surface area (Å²) in [5.74, 6) is 3.45. The molecule has 0 saturated heterocycles. The molecule has 2 unspecified atom stereocenters. The second kappa shape index (κ2) is 16.0. The van der Waals surface area contributed by atoms with Crippen molar-refractivity contribution in [2.24, 2.45) is 23.7 Å². The molecule has 0 amide bonds. The molecular formula is C55H66S2. The van der Waals surface area contributed by atoms with Gasteiger partial charge in [0.2, 0.25) is 0 Å². The maximum Gasteiger partial charge on any atom is 0.0428 e. The summed E-state index contributed by atoms with van der Waals surface area (Å²) in [5, 5.41) is 14.4. The molecule has 0 aliphatic carbocycles. The maximum atomic E-state index is 2.61. The quantitative estimate of drug-likeness (QED) is 0.0963. The Morgan fingerprint density at radius 2 is 1.07 bits per heavy atom. The van der Waals surface area contributed by atoms with E-state index in [1.54, 1.807) is 5.56 Å². The van der Waals surface area contributed by atoms with Crippen molar-refractivity contribution in [2.45, 2.75) is 139 Å². The van der Waals surface area contributed by atoms with Crippen molar-refractivity contribution in [1.82, 2.24) is 0 Å². The number of thiophene rings is 2. The normalized spacial score (nSPS) is 14.1. The Morgan fingerprint density at radius 1 is 0.509 bits per heavy atom. The van der Waals surface area contributed by atoms with Crippen LogP contribution in [0, 0.1) is 23.7 Å². The summed E-state index contributed by atoms with van der Waals surface area (Å²) in [5.41, 5.74) is 6.16. The number of benzene rings is 6. The SMILES string of the molecule is CC(C)CCCC(C)CCc1cc(-c2cc3ccc4c(ccc5cc(C(C)(C)C)sc54)c3s2)c2ccc3c(CCC(C)CC(C)C)cc(C(C)C)c4ccc1c2c34. The Morgan fingerprint density at radius 3 is 1.70 bits per heavy atom. The van der Waals surface area contributed by atoms with Gasteiger partial charge in [-0.3, -0.25) is 0 Å². The topological polar surface area (TPSA) is 0 Å². The molecule has 0 spiro atoms. The molecule has 8 rings (SSSR count). The number of aryl methyl sites for hydroxylation is 2. The summed E-state index contributed by atoms with van der Waals surface area (Å²) >= 11 is 3.99. The van der Waals surface area contributed by atoms with Crippen LogP contribution >= 0.6 is 22.7 Å². The van der Waals surface area contributed by atoms with Crippen LogP contribution in [0.4, 0.5) is 0 Å². The second-order valence-corrected chi connectivity index (χ2v) is 22.3. The smallest absolute Gasteiger partial charge is 0.0428 e. The van der Waals surface area contributed by atoms with Crippen molar-refractivity contribution in [2.75, 3.05) is 0 Å². The molecule has 0 aliphatic heterocycles. The molecule has 0 saturated carbocycles. The van der Waals surface area contributed by atoms with Crippen molar-refractivity contribution in [3.05, 3.63) is 94.4 Å². The Bertz CT molecular complexity index is 2690. The van der Waals surface area contributed by atoms with Gasteiger partial charge in [0, 0.05) is 29.9 Å². The van der Waals surface area contributed by atoms with Crippen LogP contribution in [-0.2, 0) is 18.3 Å². The summed E-state index contributed by atoms with van der Waals surface area (Å²) in [6.07, 6.45) is 10.1. The molecule has 0 fully saturated rings. The van der Waals surface area contributed by atoms with E-state index in [4.69, 9.17) is 0 Å². The van der Waals surface area contributed by atoms with Crippen LogP contribution in [0.1, 0.15) is 142 Å². The maximum absolute atomic E-state index is 2.61. The van der Waals surface area contributed by atoms with Crippen LogP contribution in [0.2, 0.25) is 0 Å². The third-order valence-electron chi connectivity index (χ3n) is 13.1. The lowest BCUT2D eigenvalue weighted by molar-refractivity contribution is 0.416. The first-order valence-electron chi connectivity index (χ1n) is 22.3. The monoisotopic (exact) mass is 790 g/mol. The number of hydrogen-bond acceptors (Lipinski definition) is 2. The Balaban J connectivity index is 1.32. The van der Waals surface area contributed by atoms with Gasteiger partial charge in [-0.05, 0) is 151 Å². The minimum atomic E-state index is 0.150. The summed E-state index contributed by atoms with van der Waals surface area (Å²) in [4.78, 5) is 2.86. The van der Waals surface area contributed by atoms with Gasteiger partial charge in [0.25, 0.3) is 0 Å². The van der Waals surface area contributed by atoms with E-state index >= 15 is 0 Å². The van der Waals surface area contributed by atoms with Crippen molar-refractivity contribution in [3.8, 4) is 10.4 Å². The van der Waals surface area contributed by atoms with Gasteiger partial charge in [-0.1, -0.05) is 150 Å². The van der Waals surface area contributed by atoms with Gasteiger partial charge in [-0.25, -0.2) is 0 Å². The average Bonchev–Trinajstić information content (AvgIpc) is 3.80. The highest BCUT2D eigenvalue weighted by Crippen LogP contribution is 2.48. The zero-order valence-corrected chi connectivity index (χ0v) is 38.4. The van der Waals surface area contributed by atoms with E-state index in [0.717, 1.165) is 36.5 Å². The van der Waals surface area contributed by atoms with Crippen molar-refractivity contribution in [1.29, 1.82) is 0 Å². The summed E-state index contributed by atoms with van der Waals surface area (Å²) in [7, 11) is 0. The summed E-state index contributed by atoms with van der Waals surface area (Å²) in [6.45, 7) is 26.2. The number of rotatable bonds is 14. The van der Waals surface area contributed by atoms with Gasteiger partial charge < -0.3 is 0 Å². The van der Waals surface area contributed by atoms with Crippen LogP contribution < -0.4 is 0 Å². The predicted molar refractivity (Wildman–Crippen MR) is 260 cm³/mol. The molecule has 0 N–H and O–H groups in total. The lowest BCUT2D eigenvalue weighted by atomic mass is 9.82. The van der Waals surface area contributed by atoms with E-state index in [1.165, 1.54) is 128 Å². The fourth-order valence-electron chi connectivity index (χ4n) is 9.91. The molecule has 0 nitrogen and oxygen atoms in total. The lowest BCUT2D eigenvalue weighted by Crippen LogP contribution is -2.07. The zero-order valence-electron chi connectivity index (χ0n) is 36.8. The first-order valence-corrected chi connectivity index (χ1v) is 24.0. The molecule has 2 aromatic heterocycles. The van der Waals surface area contributed by atoms with E-state index in [-0.39, 0.29) is 5.41 Å². The Kier molecular flexibility index (Phi) is 11.3. The molecular weight excluding hydrogens is 725 g/mol. The molecule has 2 heterocycles. The average molecular weight is 791 g/mol. The van der Waals surface area contributed by atoms with Gasteiger partial charge in [-0.2, -0.15) is 0 Å². The molecule has 0 radical (unpaired) electrons. The molecule has 0 bridgehead atoms. The molecule has 2 atom stereocenters. The zero-order chi connectivity index (χ0) is 40.3. The van der Waals surface area contributed by atoms with Gasteiger partial charge >= 0.3 is 0 Å². The van der Waals surface area contributed by atoms with E-state index < -0.39 is 0 Å². The van der Waals surface area contributed by atoms with E-state index in [0.29, 0.717) is 5.92 Å². The van der Waals surface area contributed by atoms with Crippen molar-refractivity contribution < 1.29 is 0 Å². The van der Waals surface area contributed by atoms with Gasteiger partial charge in [0.15, 0.2) is 0 Å². The van der Waals surface area contributed by atoms with Crippen molar-refractivity contribution >= 4 is 85.9 Å². The molecule has 298 valence electrons. The fraction of sp³-hybridized carbons (Fsp3) is 0.455. The Labute approximate surface area is 351 Å². The highest BCUT2D eigenvalue weighted by atomic mass is 32.1. The lowest BCUT2D eigenvalue weighted by Gasteiger charge is -2.23. The number of hydrogen-bond donors (Lipinski definition) is 0. The van der Waals surface area contributed by atoms with Crippen LogP contribution in [0.25, 0.3) is 73.7 Å². The van der Waals surface area contributed by atoms with E-state index in [9.17, 15) is 0 Å². The fourth-order valence-corrected chi connectivity index (χ4v) is 12.4. The van der Waals surface area contributed by atoms with Crippen LogP contribution in [0.5, 0.6) is 0 Å². The van der Waals surface area contributed by atoms with Gasteiger partial charge in [-0.15, -0.1) is 22.7 Å². The van der Waals surface area contributed by atoms with E-state index in [2.05, 4.69) is 149 Å². The van der Waals surface area contributed by atoms with Crippen LogP contribution in [-0.4, -0.2) is 0 Å². The minimum Gasteiger partial charge on any atom is -0.139 e. The molecule has 8 aromatic rings. The second-order valence-electron chi connectivity index (χ2n) is 20.2. The van der Waals surface area contributed by atoms with E-state index in [1.807, 2.05) is 22.7 Å².